The van der Waals surface area contributed by atoms with Crippen molar-refractivity contribution >= 4 is 17.3 Å². The van der Waals surface area contributed by atoms with Gasteiger partial charge < -0.3 is 9.84 Å². The van der Waals surface area contributed by atoms with Crippen molar-refractivity contribution in [3.63, 3.8) is 0 Å². The summed E-state index contributed by atoms with van der Waals surface area (Å²) in [5.41, 5.74) is 3.11. The van der Waals surface area contributed by atoms with Crippen molar-refractivity contribution in [1.29, 1.82) is 0 Å². The monoisotopic (exact) mass is 383 g/mol. The Kier molecular flexibility index (Phi) is 5.33. The highest BCUT2D eigenvalue weighted by Crippen LogP contribution is 2.34. The molecule has 5 nitrogen and oxygen atoms in total. The minimum Gasteiger partial charge on any atom is -0.508 e. The standard InChI is InChI=1S/C21H18ClNO4/c1-13-9-18(23(25)26)10-14(2)21(13)27-19-7-8-20(24)16(12-19)11-15-3-5-17(22)6-4-15/h3-10,12,24H,11H2,1-2H3. The van der Waals surface area contributed by atoms with E-state index in [1.165, 1.54) is 12.1 Å². The topological polar surface area (TPSA) is 72.6 Å². The molecule has 0 atom stereocenters. The van der Waals surface area contributed by atoms with Gasteiger partial charge in [0, 0.05) is 29.1 Å². The number of benzene rings is 3. The molecule has 3 aromatic rings. The first-order chi connectivity index (χ1) is 12.8. The maximum absolute atomic E-state index is 11.0. The molecular weight excluding hydrogens is 366 g/mol. The van der Waals surface area contributed by atoms with Gasteiger partial charge in [-0.1, -0.05) is 23.7 Å². The molecule has 0 unspecified atom stereocenters. The molecule has 0 aliphatic rings. The number of nitro benzene ring substituents is 1. The van der Waals surface area contributed by atoms with Crippen LogP contribution in [0.5, 0.6) is 17.2 Å². The number of aromatic hydroxyl groups is 1. The van der Waals surface area contributed by atoms with Crippen LogP contribution in [0.15, 0.2) is 54.6 Å². The van der Waals surface area contributed by atoms with Crippen LogP contribution >= 0.6 is 11.6 Å². The molecule has 0 amide bonds. The van der Waals surface area contributed by atoms with E-state index in [9.17, 15) is 15.2 Å². The van der Waals surface area contributed by atoms with E-state index in [2.05, 4.69) is 0 Å². The van der Waals surface area contributed by atoms with Crippen molar-refractivity contribution in [1.82, 2.24) is 0 Å². The van der Waals surface area contributed by atoms with Crippen LogP contribution in [0, 0.1) is 24.0 Å². The van der Waals surface area contributed by atoms with Crippen LogP contribution in [0.4, 0.5) is 5.69 Å². The molecule has 0 aliphatic carbocycles. The van der Waals surface area contributed by atoms with Gasteiger partial charge >= 0.3 is 0 Å². The Hall–Kier alpha value is -3.05. The summed E-state index contributed by atoms with van der Waals surface area (Å²) in [7, 11) is 0. The van der Waals surface area contributed by atoms with Crippen LogP contribution in [-0.2, 0) is 6.42 Å². The van der Waals surface area contributed by atoms with Crippen LogP contribution in [0.1, 0.15) is 22.3 Å². The molecule has 0 fully saturated rings. The fourth-order valence-corrected chi connectivity index (χ4v) is 3.03. The van der Waals surface area contributed by atoms with Gasteiger partial charge in [0.15, 0.2) is 0 Å². The summed E-state index contributed by atoms with van der Waals surface area (Å²) in [6.45, 7) is 3.54. The average Bonchev–Trinajstić information content (AvgIpc) is 2.62. The number of aryl methyl sites for hydroxylation is 2. The largest absolute Gasteiger partial charge is 0.508 e. The first-order valence-corrected chi connectivity index (χ1v) is 8.71. The zero-order valence-corrected chi connectivity index (χ0v) is 15.7. The van der Waals surface area contributed by atoms with E-state index in [0.717, 1.165) is 5.56 Å². The SMILES string of the molecule is Cc1cc([N+](=O)[O-])cc(C)c1Oc1ccc(O)c(Cc2ccc(Cl)cc2)c1. The predicted octanol–water partition coefficient (Wildman–Crippen LogP) is 5.95. The normalized spacial score (nSPS) is 10.6. The van der Waals surface area contributed by atoms with Crippen LogP contribution in [0.3, 0.4) is 0 Å². The van der Waals surface area contributed by atoms with Crippen LogP contribution in [0.2, 0.25) is 5.02 Å². The Balaban J connectivity index is 1.88. The van der Waals surface area contributed by atoms with Crippen molar-refractivity contribution in [2.45, 2.75) is 20.3 Å². The first kappa shape index (κ1) is 18.7. The Morgan fingerprint density at radius 2 is 1.67 bits per heavy atom. The van der Waals surface area contributed by atoms with Crippen molar-refractivity contribution in [2.24, 2.45) is 0 Å². The summed E-state index contributed by atoms with van der Waals surface area (Å²) in [5, 5.41) is 21.8. The second kappa shape index (κ2) is 7.68. The van der Waals surface area contributed by atoms with Gasteiger partial charge in [-0.15, -0.1) is 0 Å². The van der Waals surface area contributed by atoms with Crippen molar-refractivity contribution < 1.29 is 14.8 Å². The number of hydrogen-bond donors (Lipinski definition) is 1. The van der Waals surface area contributed by atoms with Crippen molar-refractivity contribution in [3.05, 3.63) is 92.0 Å². The fraction of sp³-hybridized carbons (Fsp3) is 0.143. The fourth-order valence-electron chi connectivity index (χ4n) is 2.90. The average molecular weight is 384 g/mol. The van der Waals surface area contributed by atoms with Gasteiger partial charge in [-0.05, 0) is 60.9 Å². The van der Waals surface area contributed by atoms with Crippen molar-refractivity contribution in [2.75, 3.05) is 0 Å². The smallest absolute Gasteiger partial charge is 0.270 e. The first-order valence-electron chi connectivity index (χ1n) is 8.33. The Morgan fingerprint density at radius 3 is 2.26 bits per heavy atom. The van der Waals surface area contributed by atoms with Crippen molar-refractivity contribution in [3.8, 4) is 17.2 Å². The van der Waals surface area contributed by atoms with E-state index in [-0.39, 0.29) is 11.4 Å². The summed E-state index contributed by atoms with van der Waals surface area (Å²) >= 11 is 5.91. The molecule has 3 aromatic carbocycles. The lowest BCUT2D eigenvalue weighted by Crippen LogP contribution is -1.96. The van der Waals surface area contributed by atoms with Gasteiger partial charge in [-0.2, -0.15) is 0 Å². The van der Waals surface area contributed by atoms with Gasteiger partial charge in [0.25, 0.3) is 5.69 Å². The number of phenols is 1. The number of rotatable bonds is 5. The number of phenolic OH excluding ortho intramolecular Hbond substituents is 1. The third-order valence-electron chi connectivity index (χ3n) is 4.23. The third-order valence-corrected chi connectivity index (χ3v) is 4.49. The second-order valence-electron chi connectivity index (χ2n) is 6.36. The van der Waals surface area contributed by atoms with E-state index in [4.69, 9.17) is 16.3 Å². The lowest BCUT2D eigenvalue weighted by Gasteiger charge is -2.13. The van der Waals surface area contributed by atoms with E-state index >= 15 is 0 Å². The molecule has 0 aliphatic heterocycles. The molecular formula is C21H18ClNO4. The highest BCUT2D eigenvalue weighted by molar-refractivity contribution is 6.30. The number of hydrogen-bond acceptors (Lipinski definition) is 4. The molecule has 3 rings (SSSR count). The van der Waals surface area contributed by atoms with Crippen LogP contribution in [0.25, 0.3) is 0 Å². The molecule has 6 heteroatoms. The van der Waals surface area contributed by atoms with Gasteiger partial charge in [-0.25, -0.2) is 0 Å². The number of nitrogens with zero attached hydrogens (tertiary/aromatic N) is 1. The Bertz CT molecular complexity index is 977. The number of ether oxygens (including phenoxy) is 1. The zero-order valence-electron chi connectivity index (χ0n) is 14.9. The van der Waals surface area contributed by atoms with Gasteiger partial charge in [0.1, 0.15) is 17.2 Å². The highest BCUT2D eigenvalue weighted by atomic mass is 35.5. The number of non-ortho nitro benzene ring substituents is 1. The zero-order chi connectivity index (χ0) is 19.6. The Morgan fingerprint density at radius 1 is 1.04 bits per heavy atom. The molecule has 0 heterocycles. The minimum absolute atomic E-state index is 0.0338. The number of nitro groups is 1. The minimum atomic E-state index is -0.422. The molecule has 0 saturated heterocycles. The molecule has 0 spiro atoms. The van der Waals surface area contributed by atoms with E-state index < -0.39 is 4.92 Å². The second-order valence-corrected chi connectivity index (χ2v) is 6.80. The molecule has 0 bridgehead atoms. The molecule has 0 saturated carbocycles. The molecule has 138 valence electrons. The van der Waals surface area contributed by atoms with Gasteiger partial charge in [-0.3, -0.25) is 10.1 Å². The summed E-state index contributed by atoms with van der Waals surface area (Å²) in [5.74, 6) is 1.30. The Labute approximate surface area is 162 Å². The number of halogens is 1. The maximum Gasteiger partial charge on any atom is 0.270 e. The summed E-state index contributed by atoms with van der Waals surface area (Å²) in [6.07, 6.45) is 0.526. The maximum atomic E-state index is 11.0. The predicted molar refractivity (Wildman–Crippen MR) is 105 cm³/mol. The molecule has 0 aromatic heterocycles. The lowest BCUT2D eigenvalue weighted by molar-refractivity contribution is -0.385. The van der Waals surface area contributed by atoms with Crippen LogP contribution < -0.4 is 4.74 Å². The molecule has 1 N–H and O–H groups in total. The van der Waals surface area contributed by atoms with E-state index in [1.807, 2.05) is 12.1 Å². The quantitative estimate of drug-likeness (QED) is 0.436. The van der Waals surface area contributed by atoms with Gasteiger partial charge in [0.05, 0.1) is 4.92 Å². The lowest BCUT2D eigenvalue weighted by atomic mass is 10.0. The third kappa shape index (κ3) is 4.38. The molecule has 27 heavy (non-hydrogen) atoms. The summed E-state index contributed by atoms with van der Waals surface area (Å²) < 4.78 is 5.97. The summed E-state index contributed by atoms with van der Waals surface area (Å²) in [6, 6.07) is 15.4. The van der Waals surface area contributed by atoms with Gasteiger partial charge in [0.2, 0.25) is 0 Å². The van der Waals surface area contributed by atoms with E-state index in [1.54, 1.807) is 44.2 Å². The summed E-state index contributed by atoms with van der Waals surface area (Å²) in [4.78, 5) is 10.6. The molecule has 0 radical (unpaired) electrons. The van der Waals surface area contributed by atoms with E-state index in [0.29, 0.717) is 39.6 Å². The highest BCUT2D eigenvalue weighted by Gasteiger charge is 2.14. The van der Waals surface area contributed by atoms with Crippen LogP contribution in [-0.4, -0.2) is 10.0 Å².